The van der Waals surface area contributed by atoms with Crippen molar-refractivity contribution in [2.75, 3.05) is 7.11 Å². The van der Waals surface area contributed by atoms with Gasteiger partial charge in [0.25, 0.3) is 0 Å². The van der Waals surface area contributed by atoms with Crippen LogP contribution in [-0.4, -0.2) is 18.2 Å². The Labute approximate surface area is 116 Å². The van der Waals surface area contributed by atoms with E-state index < -0.39 is 11.9 Å². The first-order chi connectivity index (χ1) is 9.67. The van der Waals surface area contributed by atoms with E-state index >= 15 is 0 Å². The maximum Gasteiger partial charge on any atom is 0.335 e. The van der Waals surface area contributed by atoms with E-state index in [1.54, 1.807) is 31.4 Å². The molecule has 1 unspecified atom stereocenters. The Morgan fingerprint density at radius 1 is 1.25 bits per heavy atom. The number of methoxy groups -OCH3 is 1. The van der Waals surface area contributed by atoms with Crippen molar-refractivity contribution in [3.63, 3.8) is 0 Å². The summed E-state index contributed by atoms with van der Waals surface area (Å²) in [5, 5.41) is 18.5. The molecule has 0 aliphatic carbocycles. The van der Waals surface area contributed by atoms with Crippen molar-refractivity contribution in [1.82, 2.24) is 0 Å². The quantitative estimate of drug-likeness (QED) is 0.924. The Morgan fingerprint density at radius 3 is 2.65 bits per heavy atom. The van der Waals surface area contributed by atoms with Crippen LogP contribution in [0.25, 0.3) is 0 Å². The SMILES string of the molecule is COc1ccccc1C(C#N)c1cccc(C(=O)O)c1. The van der Waals surface area contributed by atoms with Gasteiger partial charge in [0, 0.05) is 5.56 Å². The summed E-state index contributed by atoms with van der Waals surface area (Å²) in [6, 6.07) is 15.8. The molecule has 0 bridgehead atoms. The number of carboxylic acids is 1. The van der Waals surface area contributed by atoms with E-state index in [9.17, 15) is 10.1 Å². The second-order valence-electron chi connectivity index (χ2n) is 4.23. The summed E-state index contributed by atoms with van der Waals surface area (Å²) >= 11 is 0. The van der Waals surface area contributed by atoms with Crippen LogP contribution in [-0.2, 0) is 0 Å². The highest BCUT2D eigenvalue weighted by atomic mass is 16.5. The zero-order chi connectivity index (χ0) is 14.5. The van der Waals surface area contributed by atoms with Crippen LogP contribution in [0.5, 0.6) is 5.75 Å². The molecule has 2 aromatic rings. The molecule has 0 fully saturated rings. The fourth-order valence-corrected chi connectivity index (χ4v) is 2.08. The summed E-state index contributed by atoms with van der Waals surface area (Å²) in [5.74, 6) is -0.964. The molecule has 2 aromatic carbocycles. The highest BCUT2D eigenvalue weighted by Crippen LogP contribution is 2.31. The summed E-state index contributed by atoms with van der Waals surface area (Å²) in [6.45, 7) is 0. The number of benzene rings is 2. The monoisotopic (exact) mass is 267 g/mol. The third-order valence-electron chi connectivity index (χ3n) is 3.05. The van der Waals surface area contributed by atoms with Gasteiger partial charge in [-0.05, 0) is 23.8 Å². The standard InChI is InChI=1S/C16H13NO3/c1-20-15-8-3-2-7-13(15)14(10-17)11-5-4-6-12(9-11)16(18)19/h2-9,14H,1H3,(H,18,19). The van der Waals surface area contributed by atoms with Crippen LogP contribution in [0.3, 0.4) is 0 Å². The van der Waals surface area contributed by atoms with Gasteiger partial charge in [0.05, 0.1) is 24.7 Å². The lowest BCUT2D eigenvalue weighted by Crippen LogP contribution is -2.03. The number of rotatable bonds is 4. The number of ether oxygens (including phenoxy) is 1. The number of para-hydroxylation sites is 1. The second kappa shape index (κ2) is 5.89. The molecule has 0 amide bonds. The number of carboxylic acid groups (broad SMARTS) is 1. The predicted octanol–water partition coefficient (Wildman–Crippen LogP) is 3.05. The molecule has 0 saturated heterocycles. The summed E-state index contributed by atoms with van der Waals surface area (Å²) in [6.07, 6.45) is 0. The van der Waals surface area contributed by atoms with Gasteiger partial charge in [0.2, 0.25) is 0 Å². The predicted molar refractivity (Wildman–Crippen MR) is 73.9 cm³/mol. The van der Waals surface area contributed by atoms with Gasteiger partial charge in [-0.2, -0.15) is 5.26 Å². The summed E-state index contributed by atoms with van der Waals surface area (Å²) in [5.41, 5.74) is 1.52. The lowest BCUT2D eigenvalue weighted by Gasteiger charge is -2.14. The van der Waals surface area contributed by atoms with Crippen LogP contribution in [0.2, 0.25) is 0 Å². The van der Waals surface area contributed by atoms with E-state index in [0.29, 0.717) is 11.3 Å². The van der Waals surface area contributed by atoms with E-state index in [1.165, 1.54) is 12.1 Å². The molecule has 4 heteroatoms. The molecule has 0 aromatic heterocycles. The first kappa shape index (κ1) is 13.6. The Hall–Kier alpha value is -2.80. The van der Waals surface area contributed by atoms with Crippen LogP contribution in [0.4, 0.5) is 0 Å². The minimum atomic E-state index is -1.01. The van der Waals surface area contributed by atoms with Crippen LogP contribution in [0.1, 0.15) is 27.4 Å². The number of nitrogens with zero attached hydrogens (tertiary/aromatic N) is 1. The van der Waals surface area contributed by atoms with Gasteiger partial charge in [0.1, 0.15) is 5.75 Å². The van der Waals surface area contributed by atoms with Gasteiger partial charge in [-0.3, -0.25) is 0 Å². The Balaban J connectivity index is 2.50. The average molecular weight is 267 g/mol. The van der Waals surface area contributed by atoms with Crippen LogP contribution < -0.4 is 4.74 Å². The number of nitriles is 1. The summed E-state index contributed by atoms with van der Waals surface area (Å²) in [4.78, 5) is 11.0. The first-order valence-electron chi connectivity index (χ1n) is 6.03. The van der Waals surface area contributed by atoms with Crippen molar-refractivity contribution in [2.45, 2.75) is 5.92 Å². The highest BCUT2D eigenvalue weighted by Gasteiger charge is 2.18. The minimum absolute atomic E-state index is 0.164. The zero-order valence-corrected chi connectivity index (χ0v) is 10.9. The van der Waals surface area contributed by atoms with Gasteiger partial charge in [-0.15, -0.1) is 0 Å². The Morgan fingerprint density at radius 2 is 2.00 bits per heavy atom. The van der Waals surface area contributed by atoms with Crippen molar-refractivity contribution >= 4 is 5.97 Å². The van der Waals surface area contributed by atoms with Crippen LogP contribution in [0, 0.1) is 11.3 Å². The van der Waals surface area contributed by atoms with Gasteiger partial charge >= 0.3 is 5.97 Å². The second-order valence-corrected chi connectivity index (χ2v) is 4.23. The first-order valence-corrected chi connectivity index (χ1v) is 6.03. The summed E-state index contributed by atoms with van der Waals surface area (Å²) in [7, 11) is 1.54. The maximum atomic E-state index is 11.0. The van der Waals surface area contributed by atoms with Crippen molar-refractivity contribution in [3.05, 3.63) is 65.2 Å². The van der Waals surface area contributed by atoms with Crippen molar-refractivity contribution in [2.24, 2.45) is 0 Å². The van der Waals surface area contributed by atoms with Crippen molar-refractivity contribution < 1.29 is 14.6 Å². The van der Waals surface area contributed by atoms with Crippen LogP contribution >= 0.6 is 0 Å². The zero-order valence-electron chi connectivity index (χ0n) is 10.9. The number of aromatic carboxylic acids is 1. The molecular weight excluding hydrogens is 254 g/mol. The molecule has 0 aliphatic heterocycles. The molecule has 2 rings (SSSR count). The molecule has 20 heavy (non-hydrogen) atoms. The molecule has 0 radical (unpaired) electrons. The van der Waals surface area contributed by atoms with Gasteiger partial charge < -0.3 is 9.84 Å². The largest absolute Gasteiger partial charge is 0.496 e. The van der Waals surface area contributed by atoms with E-state index in [0.717, 1.165) is 5.56 Å². The van der Waals surface area contributed by atoms with Crippen LogP contribution in [0.15, 0.2) is 48.5 Å². The normalized spacial score (nSPS) is 11.4. The van der Waals surface area contributed by atoms with E-state index in [2.05, 4.69) is 6.07 Å². The highest BCUT2D eigenvalue weighted by molar-refractivity contribution is 5.87. The van der Waals surface area contributed by atoms with E-state index in [-0.39, 0.29) is 5.56 Å². The maximum absolute atomic E-state index is 11.0. The molecule has 4 nitrogen and oxygen atoms in total. The number of hydrogen-bond donors (Lipinski definition) is 1. The molecule has 0 heterocycles. The average Bonchev–Trinajstić information content (AvgIpc) is 2.49. The topological polar surface area (TPSA) is 70.3 Å². The van der Waals surface area contributed by atoms with E-state index in [1.807, 2.05) is 12.1 Å². The molecule has 0 spiro atoms. The Bertz CT molecular complexity index is 673. The summed E-state index contributed by atoms with van der Waals surface area (Å²) < 4.78 is 5.26. The Kier molecular flexibility index (Phi) is 4.02. The van der Waals surface area contributed by atoms with Gasteiger partial charge in [0.15, 0.2) is 0 Å². The number of carbonyl (C=O) groups is 1. The lowest BCUT2D eigenvalue weighted by molar-refractivity contribution is 0.0697. The third kappa shape index (κ3) is 2.62. The van der Waals surface area contributed by atoms with Gasteiger partial charge in [-0.25, -0.2) is 4.79 Å². The number of hydrogen-bond acceptors (Lipinski definition) is 3. The molecule has 1 N–H and O–H groups in total. The van der Waals surface area contributed by atoms with Crippen molar-refractivity contribution in [3.8, 4) is 11.8 Å². The molecule has 1 atom stereocenters. The third-order valence-corrected chi connectivity index (χ3v) is 3.05. The van der Waals surface area contributed by atoms with Gasteiger partial charge in [-0.1, -0.05) is 30.3 Å². The molecular formula is C16H13NO3. The lowest BCUT2D eigenvalue weighted by atomic mass is 9.91. The molecule has 100 valence electrons. The molecule has 0 aliphatic rings. The fourth-order valence-electron chi connectivity index (χ4n) is 2.08. The molecule has 0 saturated carbocycles. The van der Waals surface area contributed by atoms with E-state index in [4.69, 9.17) is 9.84 Å². The van der Waals surface area contributed by atoms with Crippen molar-refractivity contribution in [1.29, 1.82) is 5.26 Å². The minimum Gasteiger partial charge on any atom is -0.496 e. The smallest absolute Gasteiger partial charge is 0.335 e. The fraction of sp³-hybridized carbons (Fsp3) is 0.125.